The molecule has 0 unspecified atom stereocenters. The highest BCUT2D eigenvalue weighted by molar-refractivity contribution is 6.33. The van der Waals surface area contributed by atoms with Crippen LogP contribution in [0, 0.1) is 0 Å². The number of urea groups is 1. The smallest absolute Gasteiger partial charge is 0.323 e. The molecule has 0 bridgehead atoms. The van der Waals surface area contributed by atoms with Gasteiger partial charge in [-0.3, -0.25) is 0 Å². The third-order valence-corrected chi connectivity index (χ3v) is 4.27. The first-order chi connectivity index (χ1) is 12.7. The van der Waals surface area contributed by atoms with Gasteiger partial charge in [0.05, 0.1) is 5.02 Å². The molecule has 0 fully saturated rings. The van der Waals surface area contributed by atoms with Gasteiger partial charge in [-0.2, -0.15) is 0 Å². The van der Waals surface area contributed by atoms with E-state index in [0.717, 1.165) is 16.7 Å². The van der Waals surface area contributed by atoms with Crippen LogP contribution in [-0.2, 0) is 6.42 Å². The summed E-state index contributed by atoms with van der Waals surface area (Å²) in [6.45, 7) is 0.0247. The van der Waals surface area contributed by atoms with Crippen molar-refractivity contribution < 1.29 is 9.90 Å². The van der Waals surface area contributed by atoms with Crippen LogP contribution in [-0.4, -0.2) is 17.7 Å². The fraction of sp³-hybridized carbons (Fsp3) is 0.0952. The van der Waals surface area contributed by atoms with Crippen molar-refractivity contribution in [3.8, 4) is 11.1 Å². The predicted octanol–water partition coefficient (Wildman–Crippen LogP) is 5.19. The Balaban J connectivity index is 1.71. The summed E-state index contributed by atoms with van der Waals surface area (Å²) >= 11 is 6.37. The van der Waals surface area contributed by atoms with Crippen molar-refractivity contribution in [2.75, 3.05) is 17.2 Å². The number of hydrogen-bond acceptors (Lipinski definition) is 2. The van der Waals surface area contributed by atoms with Gasteiger partial charge in [0.15, 0.2) is 0 Å². The predicted molar refractivity (Wildman–Crippen MR) is 107 cm³/mol. The highest BCUT2D eigenvalue weighted by Gasteiger charge is 2.09. The minimum absolute atomic E-state index is 0.0247. The first-order valence-corrected chi connectivity index (χ1v) is 8.67. The van der Waals surface area contributed by atoms with Gasteiger partial charge in [0.2, 0.25) is 0 Å². The quantitative estimate of drug-likeness (QED) is 0.582. The van der Waals surface area contributed by atoms with Crippen molar-refractivity contribution in [3.63, 3.8) is 0 Å². The van der Waals surface area contributed by atoms with Crippen LogP contribution in [0.3, 0.4) is 0 Å². The van der Waals surface area contributed by atoms with Crippen molar-refractivity contribution in [2.24, 2.45) is 0 Å². The number of benzene rings is 3. The summed E-state index contributed by atoms with van der Waals surface area (Å²) in [5.41, 5.74) is 4.08. The van der Waals surface area contributed by atoms with E-state index in [4.69, 9.17) is 16.7 Å². The first-order valence-electron chi connectivity index (χ1n) is 8.29. The molecule has 3 N–H and O–H groups in total. The number of amides is 2. The number of aliphatic hydroxyl groups is 1. The third kappa shape index (κ3) is 4.42. The molecule has 3 aromatic carbocycles. The number of nitrogens with one attached hydrogen (secondary N) is 2. The number of hydrogen-bond donors (Lipinski definition) is 3. The van der Waals surface area contributed by atoms with Crippen LogP contribution < -0.4 is 10.6 Å². The maximum atomic E-state index is 12.3. The van der Waals surface area contributed by atoms with Crippen molar-refractivity contribution in [1.29, 1.82) is 0 Å². The van der Waals surface area contributed by atoms with E-state index < -0.39 is 0 Å². The normalized spacial score (nSPS) is 10.4. The van der Waals surface area contributed by atoms with E-state index >= 15 is 0 Å². The van der Waals surface area contributed by atoms with Crippen molar-refractivity contribution in [2.45, 2.75) is 6.42 Å². The lowest BCUT2D eigenvalue weighted by atomic mass is 10.1. The van der Waals surface area contributed by atoms with Crippen LogP contribution in [0.4, 0.5) is 16.2 Å². The standard InChI is InChI=1S/C21H19ClN2O2/c22-19-14-17(10-11-18(19)15-6-2-1-3-7-15)23-21(26)24-20-9-5-4-8-16(20)12-13-25/h1-11,14,25H,12-13H2,(H2,23,24,26). The zero-order valence-electron chi connectivity index (χ0n) is 14.1. The fourth-order valence-corrected chi connectivity index (χ4v) is 3.00. The van der Waals surface area contributed by atoms with E-state index in [-0.39, 0.29) is 12.6 Å². The zero-order chi connectivity index (χ0) is 18.4. The summed E-state index contributed by atoms with van der Waals surface area (Å²) in [4.78, 5) is 12.3. The molecule has 0 heterocycles. The van der Waals surface area contributed by atoms with Gasteiger partial charge in [0.25, 0.3) is 0 Å². The average molecular weight is 367 g/mol. The SMILES string of the molecule is O=C(Nc1ccc(-c2ccccc2)c(Cl)c1)Nc1ccccc1CCO. The largest absolute Gasteiger partial charge is 0.396 e. The summed E-state index contributed by atoms with van der Waals surface area (Å²) in [5, 5.41) is 15.3. The summed E-state index contributed by atoms with van der Waals surface area (Å²) in [5.74, 6) is 0. The second-order valence-corrected chi connectivity index (χ2v) is 6.18. The molecule has 0 radical (unpaired) electrons. The summed E-state index contributed by atoms with van der Waals surface area (Å²) in [7, 11) is 0. The minimum atomic E-state index is -0.362. The third-order valence-electron chi connectivity index (χ3n) is 3.96. The highest BCUT2D eigenvalue weighted by atomic mass is 35.5. The van der Waals surface area contributed by atoms with Gasteiger partial charge in [-0.25, -0.2) is 4.79 Å². The molecular weight excluding hydrogens is 348 g/mol. The molecule has 0 aromatic heterocycles. The Morgan fingerprint density at radius 2 is 1.65 bits per heavy atom. The second kappa shape index (κ2) is 8.52. The number of carbonyl (C=O) groups excluding carboxylic acids is 1. The van der Waals surface area contributed by atoms with Crippen molar-refractivity contribution >= 4 is 29.0 Å². The maximum Gasteiger partial charge on any atom is 0.323 e. The molecule has 0 saturated heterocycles. The number of para-hydroxylation sites is 1. The Morgan fingerprint density at radius 3 is 2.38 bits per heavy atom. The highest BCUT2D eigenvalue weighted by Crippen LogP contribution is 2.30. The monoisotopic (exact) mass is 366 g/mol. The molecule has 0 aliphatic heterocycles. The van der Waals surface area contributed by atoms with Crippen LogP contribution in [0.25, 0.3) is 11.1 Å². The zero-order valence-corrected chi connectivity index (χ0v) is 14.8. The molecule has 132 valence electrons. The van der Waals surface area contributed by atoms with Crippen LogP contribution >= 0.6 is 11.6 Å². The Labute approximate surface area is 157 Å². The lowest BCUT2D eigenvalue weighted by molar-refractivity contribution is 0.262. The molecule has 3 aromatic rings. The number of aliphatic hydroxyl groups excluding tert-OH is 1. The molecule has 0 aliphatic rings. The molecular formula is C21H19ClN2O2. The first kappa shape index (κ1) is 18.0. The molecule has 0 saturated carbocycles. The summed E-state index contributed by atoms with van der Waals surface area (Å²) in [6.07, 6.45) is 0.480. The van der Waals surface area contributed by atoms with E-state index in [1.54, 1.807) is 12.1 Å². The van der Waals surface area contributed by atoms with E-state index in [2.05, 4.69) is 10.6 Å². The summed E-state index contributed by atoms with van der Waals surface area (Å²) < 4.78 is 0. The second-order valence-electron chi connectivity index (χ2n) is 5.77. The van der Waals surface area contributed by atoms with E-state index in [0.29, 0.717) is 22.8 Å². The number of halogens is 1. The van der Waals surface area contributed by atoms with Gasteiger partial charge >= 0.3 is 6.03 Å². The minimum Gasteiger partial charge on any atom is -0.396 e. The van der Waals surface area contributed by atoms with Crippen LogP contribution in [0.15, 0.2) is 72.8 Å². The Bertz CT molecular complexity index is 898. The van der Waals surface area contributed by atoms with Gasteiger partial charge < -0.3 is 15.7 Å². The van der Waals surface area contributed by atoms with Gasteiger partial charge in [-0.1, -0.05) is 66.2 Å². The van der Waals surface area contributed by atoms with Crippen molar-refractivity contribution in [1.82, 2.24) is 0 Å². The van der Waals surface area contributed by atoms with E-state index in [9.17, 15) is 4.79 Å². The molecule has 5 heteroatoms. The average Bonchev–Trinajstić information content (AvgIpc) is 2.64. The Hall–Kier alpha value is -2.82. The Kier molecular flexibility index (Phi) is 5.89. The van der Waals surface area contributed by atoms with Crippen LogP contribution in [0.2, 0.25) is 5.02 Å². The van der Waals surface area contributed by atoms with Gasteiger partial charge in [-0.15, -0.1) is 0 Å². The van der Waals surface area contributed by atoms with Gasteiger partial charge in [-0.05, 0) is 35.7 Å². The van der Waals surface area contributed by atoms with E-state index in [1.807, 2.05) is 60.7 Å². The van der Waals surface area contributed by atoms with E-state index in [1.165, 1.54) is 0 Å². The van der Waals surface area contributed by atoms with Crippen molar-refractivity contribution in [3.05, 3.63) is 83.4 Å². The van der Waals surface area contributed by atoms with Crippen LogP contribution in [0.1, 0.15) is 5.56 Å². The molecule has 0 atom stereocenters. The van der Waals surface area contributed by atoms with Gasteiger partial charge in [0.1, 0.15) is 0 Å². The number of carbonyl (C=O) groups is 1. The molecule has 3 rings (SSSR count). The number of rotatable bonds is 5. The molecule has 4 nitrogen and oxygen atoms in total. The molecule has 26 heavy (non-hydrogen) atoms. The Morgan fingerprint density at radius 1 is 0.923 bits per heavy atom. The molecule has 2 amide bonds. The number of anilines is 2. The summed E-state index contributed by atoms with van der Waals surface area (Å²) in [6, 6.07) is 22.3. The van der Waals surface area contributed by atoms with Gasteiger partial charge in [0, 0.05) is 23.5 Å². The van der Waals surface area contributed by atoms with Crippen LogP contribution in [0.5, 0.6) is 0 Å². The topological polar surface area (TPSA) is 61.4 Å². The lowest BCUT2D eigenvalue weighted by Crippen LogP contribution is -2.20. The molecule has 0 spiro atoms. The fourth-order valence-electron chi connectivity index (χ4n) is 2.71. The molecule has 0 aliphatic carbocycles. The maximum absolute atomic E-state index is 12.3. The lowest BCUT2D eigenvalue weighted by Gasteiger charge is -2.12.